The van der Waals surface area contributed by atoms with E-state index in [9.17, 15) is 14.4 Å². The monoisotopic (exact) mass is 569 g/mol. The molecule has 0 unspecified atom stereocenters. The minimum atomic E-state index is -0.386. The summed E-state index contributed by atoms with van der Waals surface area (Å²) >= 11 is 0. The van der Waals surface area contributed by atoms with Crippen LogP contribution in [0.2, 0.25) is 0 Å². The van der Waals surface area contributed by atoms with E-state index in [-0.39, 0.29) is 30.1 Å². The van der Waals surface area contributed by atoms with E-state index in [1.165, 1.54) is 4.90 Å². The zero-order valence-corrected chi connectivity index (χ0v) is 24.6. The number of ether oxygens (including phenoxy) is 1. The van der Waals surface area contributed by atoms with E-state index >= 15 is 0 Å². The van der Waals surface area contributed by atoms with Gasteiger partial charge in [-0.2, -0.15) is 0 Å². The Labute approximate surface area is 248 Å². The fraction of sp³-hybridized carbons (Fsp3) is 0.382. The van der Waals surface area contributed by atoms with E-state index < -0.39 is 0 Å². The van der Waals surface area contributed by atoms with E-state index in [0.717, 1.165) is 61.1 Å². The summed E-state index contributed by atoms with van der Waals surface area (Å²) in [5, 5.41) is 3.08. The topological polar surface area (TPSA) is 79.0 Å². The second-order valence-electron chi connectivity index (χ2n) is 11.9. The number of likely N-dealkylation sites (tertiary alicyclic amines) is 1. The van der Waals surface area contributed by atoms with Gasteiger partial charge in [-0.15, -0.1) is 0 Å². The van der Waals surface area contributed by atoms with E-state index in [4.69, 9.17) is 4.74 Å². The van der Waals surface area contributed by atoms with Crippen LogP contribution >= 0.6 is 0 Å². The van der Waals surface area contributed by atoms with Gasteiger partial charge in [-0.3, -0.25) is 14.5 Å². The standard InChI is InChI=1S/C34H40N4O4/c1-38(2,25-23-37-32(39)29-16-9-10-17-30(29)33(37)40)24-11-20-36-21-18-28(19-22-36)42-34(41)35-31(26-12-5-3-6-13-26)27-14-7-4-8-15-27/h3-10,12-17,28,31H,11,18-25H2,1-2H3/p+1. The van der Waals surface area contributed by atoms with E-state index in [1.54, 1.807) is 24.3 Å². The van der Waals surface area contributed by atoms with Gasteiger partial charge in [0.2, 0.25) is 0 Å². The molecule has 0 saturated carbocycles. The Kier molecular flexibility index (Phi) is 9.35. The number of alkyl carbamates (subject to hydrolysis) is 1. The van der Waals surface area contributed by atoms with Gasteiger partial charge in [-0.1, -0.05) is 72.8 Å². The lowest BCUT2D eigenvalue weighted by molar-refractivity contribution is -0.889. The van der Waals surface area contributed by atoms with Crippen LogP contribution in [0.4, 0.5) is 4.79 Å². The summed E-state index contributed by atoms with van der Waals surface area (Å²) in [6.45, 7) is 4.82. The number of hydrogen-bond acceptors (Lipinski definition) is 5. The largest absolute Gasteiger partial charge is 0.446 e. The average molecular weight is 570 g/mol. The van der Waals surface area contributed by atoms with E-state index in [2.05, 4.69) is 24.3 Å². The Balaban J connectivity index is 1.02. The van der Waals surface area contributed by atoms with Gasteiger partial charge < -0.3 is 19.4 Å². The summed E-state index contributed by atoms with van der Waals surface area (Å²) in [5.74, 6) is -0.380. The Bertz CT molecular complexity index is 1300. The molecule has 5 rings (SSSR count). The maximum atomic E-state index is 12.9. The highest BCUT2D eigenvalue weighted by molar-refractivity contribution is 6.21. The Morgan fingerprint density at radius 3 is 1.88 bits per heavy atom. The lowest BCUT2D eigenvalue weighted by Crippen LogP contribution is -2.48. The summed E-state index contributed by atoms with van der Waals surface area (Å²) in [6.07, 6.45) is 2.15. The molecule has 0 radical (unpaired) electrons. The molecule has 3 amide bonds. The minimum Gasteiger partial charge on any atom is -0.446 e. The zero-order valence-electron chi connectivity index (χ0n) is 24.6. The van der Waals surface area contributed by atoms with Crippen molar-refractivity contribution in [1.82, 2.24) is 15.1 Å². The third kappa shape index (κ3) is 7.24. The number of piperidine rings is 1. The number of fused-ring (bicyclic) bond motifs is 1. The number of nitrogens with zero attached hydrogens (tertiary/aromatic N) is 3. The van der Waals surface area contributed by atoms with Crippen molar-refractivity contribution >= 4 is 17.9 Å². The number of benzene rings is 3. The first-order valence-corrected chi connectivity index (χ1v) is 14.9. The molecular weight excluding hydrogens is 528 g/mol. The fourth-order valence-electron chi connectivity index (χ4n) is 5.85. The van der Waals surface area contributed by atoms with Crippen molar-refractivity contribution in [1.29, 1.82) is 0 Å². The number of imide groups is 1. The molecule has 0 aromatic heterocycles. The number of carbonyl (C=O) groups excluding carboxylic acids is 3. The second kappa shape index (κ2) is 13.3. The first-order chi connectivity index (χ1) is 20.3. The quantitative estimate of drug-likeness (QED) is 0.267. The van der Waals surface area contributed by atoms with Gasteiger partial charge in [-0.05, 0) is 36.1 Å². The summed E-state index contributed by atoms with van der Waals surface area (Å²) in [5.41, 5.74) is 3.04. The molecule has 42 heavy (non-hydrogen) atoms. The zero-order chi connectivity index (χ0) is 29.5. The van der Waals surface area contributed by atoms with E-state index in [1.807, 2.05) is 60.7 Å². The van der Waals surface area contributed by atoms with Crippen LogP contribution < -0.4 is 5.32 Å². The molecule has 0 aliphatic carbocycles. The third-order valence-corrected chi connectivity index (χ3v) is 8.38. The van der Waals surface area contributed by atoms with Crippen LogP contribution in [-0.4, -0.2) is 91.7 Å². The molecule has 0 spiro atoms. The van der Waals surface area contributed by atoms with Crippen molar-refractivity contribution in [3.8, 4) is 0 Å². The van der Waals surface area contributed by atoms with Crippen LogP contribution in [0.1, 0.15) is 57.1 Å². The molecular formula is C34H41N4O4+. The number of quaternary nitrogens is 1. The number of amides is 3. The van der Waals surface area contributed by atoms with Crippen LogP contribution in [0.5, 0.6) is 0 Å². The summed E-state index contributed by atoms with van der Waals surface area (Å²) in [4.78, 5) is 42.1. The summed E-state index contributed by atoms with van der Waals surface area (Å²) in [6, 6.07) is 26.7. The SMILES string of the molecule is C[N+](C)(CCCN1CCC(OC(=O)NC(c2ccccc2)c2ccccc2)CC1)CCN1C(=O)c2ccccc2C1=O. The molecule has 8 heteroatoms. The molecule has 0 atom stereocenters. The number of nitrogens with one attached hydrogen (secondary N) is 1. The maximum absolute atomic E-state index is 12.9. The van der Waals surface area contributed by atoms with Gasteiger partial charge in [0.1, 0.15) is 6.10 Å². The molecule has 0 bridgehead atoms. The first kappa shape index (κ1) is 29.5. The van der Waals surface area contributed by atoms with Crippen molar-refractivity contribution in [2.75, 3.05) is 53.4 Å². The Morgan fingerprint density at radius 1 is 0.810 bits per heavy atom. The highest BCUT2D eigenvalue weighted by atomic mass is 16.6. The molecule has 2 aliphatic rings. The number of likely N-dealkylation sites (N-methyl/N-ethyl adjacent to an activating group) is 1. The van der Waals surface area contributed by atoms with Crippen molar-refractivity contribution < 1.29 is 23.6 Å². The number of hydrogen-bond donors (Lipinski definition) is 1. The summed E-state index contributed by atoms with van der Waals surface area (Å²) in [7, 11) is 4.30. The highest BCUT2D eigenvalue weighted by Gasteiger charge is 2.36. The van der Waals surface area contributed by atoms with Gasteiger partial charge in [0, 0.05) is 26.1 Å². The molecule has 8 nitrogen and oxygen atoms in total. The molecule has 2 heterocycles. The van der Waals surface area contributed by atoms with Gasteiger partial charge in [0.05, 0.1) is 50.9 Å². The van der Waals surface area contributed by atoms with E-state index in [0.29, 0.717) is 24.2 Å². The van der Waals surface area contributed by atoms with Crippen LogP contribution in [0, 0.1) is 0 Å². The first-order valence-electron chi connectivity index (χ1n) is 14.9. The van der Waals surface area contributed by atoms with Gasteiger partial charge in [0.25, 0.3) is 11.8 Å². The maximum Gasteiger partial charge on any atom is 0.408 e. The van der Waals surface area contributed by atoms with Crippen LogP contribution in [-0.2, 0) is 4.74 Å². The number of rotatable bonds is 11. The third-order valence-electron chi connectivity index (χ3n) is 8.38. The fourth-order valence-corrected chi connectivity index (χ4v) is 5.85. The van der Waals surface area contributed by atoms with Gasteiger partial charge in [0.15, 0.2) is 0 Å². The van der Waals surface area contributed by atoms with Crippen molar-refractivity contribution in [2.24, 2.45) is 0 Å². The van der Waals surface area contributed by atoms with Crippen molar-refractivity contribution in [3.05, 3.63) is 107 Å². The number of carbonyl (C=O) groups is 3. The smallest absolute Gasteiger partial charge is 0.408 e. The van der Waals surface area contributed by atoms with Gasteiger partial charge in [-0.25, -0.2) is 4.79 Å². The second-order valence-corrected chi connectivity index (χ2v) is 11.9. The highest BCUT2D eigenvalue weighted by Crippen LogP contribution is 2.24. The molecule has 1 saturated heterocycles. The minimum absolute atomic E-state index is 0.0969. The van der Waals surface area contributed by atoms with Crippen LogP contribution in [0.3, 0.4) is 0 Å². The molecule has 3 aromatic rings. The molecule has 1 fully saturated rings. The Hall–Kier alpha value is -4.01. The van der Waals surface area contributed by atoms with Crippen LogP contribution in [0.15, 0.2) is 84.9 Å². The predicted octanol–water partition coefficient (Wildman–Crippen LogP) is 4.73. The van der Waals surface area contributed by atoms with Crippen molar-refractivity contribution in [2.45, 2.75) is 31.4 Å². The average Bonchev–Trinajstić information content (AvgIpc) is 3.25. The predicted molar refractivity (Wildman–Crippen MR) is 162 cm³/mol. The molecule has 3 aromatic carbocycles. The molecule has 220 valence electrons. The summed E-state index contributed by atoms with van der Waals surface area (Å²) < 4.78 is 6.59. The normalized spacial score (nSPS) is 16.1. The lowest BCUT2D eigenvalue weighted by atomic mass is 9.99. The lowest BCUT2D eigenvalue weighted by Gasteiger charge is -2.34. The Morgan fingerprint density at radius 2 is 1.33 bits per heavy atom. The molecule has 1 N–H and O–H groups in total. The molecule has 2 aliphatic heterocycles. The van der Waals surface area contributed by atoms with Crippen molar-refractivity contribution in [3.63, 3.8) is 0 Å². The van der Waals surface area contributed by atoms with Gasteiger partial charge >= 0.3 is 6.09 Å². The van der Waals surface area contributed by atoms with Crippen LogP contribution in [0.25, 0.3) is 0 Å².